The van der Waals surface area contributed by atoms with Crippen LogP contribution in [-0.4, -0.2) is 20.3 Å². The molecule has 84 valence electrons. The molecule has 0 bridgehead atoms. The lowest BCUT2D eigenvalue weighted by Crippen LogP contribution is -2.20. The first kappa shape index (κ1) is 12.5. The molecule has 0 spiro atoms. The lowest BCUT2D eigenvalue weighted by Gasteiger charge is -2.10. The third-order valence-corrected chi connectivity index (χ3v) is 2.46. The fourth-order valence-electron chi connectivity index (χ4n) is 1.70. The summed E-state index contributed by atoms with van der Waals surface area (Å²) in [6.07, 6.45) is 9.51. The number of allylic oxidation sites excluding steroid dienone is 3. The van der Waals surface area contributed by atoms with Gasteiger partial charge in [-0.1, -0.05) is 23.7 Å². The summed E-state index contributed by atoms with van der Waals surface area (Å²) in [7, 11) is -0.178. The quantitative estimate of drug-likeness (QED) is 0.624. The highest BCUT2D eigenvalue weighted by atomic mass is 16.6. The molecule has 0 aromatic heterocycles. The zero-order valence-electron chi connectivity index (χ0n) is 9.87. The number of hydrogen-bond donors (Lipinski definition) is 0. The van der Waals surface area contributed by atoms with Crippen molar-refractivity contribution in [2.75, 3.05) is 13.2 Å². The Morgan fingerprint density at radius 3 is 2.53 bits per heavy atom. The second-order valence-corrected chi connectivity index (χ2v) is 3.66. The van der Waals surface area contributed by atoms with Gasteiger partial charge in [0.2, 0.25) is 0 Å². The summed E-state index contributed by atoms with van der Waals surface area (Å²) in [5, 5.41) is 0. The Kier molecular flexibility index (Phi) is 6.45. The van der Waals surface area contributed by atoms with Gasteiger partial charge in [0.1, 0.15) is 0 Å². The Labute approximate surface area is 93.5 Å². The standard InChI is InChI=1S/C12H21BO2/c1-3-14-13(15-4-2)11-10-12-8-6-5-7-9-12/h8,10-11H,3-7,9H2,1-2H3/b11-10+. The van der Waals surface area contributed by atoms with Crippen LogP contribution in [0.4, 0.5) is 0 Å². The van der Waals surface area contributed by atoms with Crippen LogP contribution in [-0.2, 0) is 9.31 Å². The molecular weight excluding hydrogens is 187 g/mol. The van der Waals surface area contributed by atoms with Crippen LogP contribution >= 0.6 is 0 Å². The van der Waals surface area contributed by atoms with E-state index in [0.29, 0.717) is 13.2 Å². The average molecular weight is 208 g/mol. The van der Waals surface area contributed by atoms with Crippen LogP contribution < -0.4 is 0 Å². The van der Waals surface area contributed by atoms with E-state index in [2.05, 4.69) is 12.2 Å². The highest BCUT2D eigenvalue weighted by Crippen LogP contribution is 2.18. The summed E-state index contributed by atoms with van der Waals surface area (Å²) in [5.74, 6) is 2.02. The van der Waals surface area contributed by atoms with Crippen LogP contribution in [0.25, 0.3) is 0 Å². The molecule has 1 aliphatic rings. The Balaban J connectivity index is 2.40. The highest BCUT2D eigenvalue weighted by Gasteiger charge is 2.12. The van der Waals surface area contributed by atoms with Gasteiger partial charge in [-0.3, -0.25) is 0 Å². The second-order valence-electron chi connectivity index (χ2n) is 3.66. The molecule has 0 radical (unpaired) electrons. The van der Waals surface area contributed by atoms with E-state index in [-0.39, 0.29) is 7.12 Å². The maximum absolute atomic E-state index is 5.44. The van der Waals surface area contributed by atoms with E-state index < -0.39 is 0 Å². The zero-order valence-corrected chi connectivity index (χ0v) is 9.87. The van der Waals surface area contributed by atoms with E-state index in [4.69, 9.17) is 9.31 Å². The molecule has 1 aliphatic carbocycles. The molecule has 0 aromatic carbocycles. The first-order chi connectivity index (χ1) is 7.36. The van der Waals surface area contributed by atoms with Gasteiger partial charge in [0.25, 0.3) is 0 Å². The van der Waals surface area contributed by atoms with Crippen molar-refractivity contribution in [3.8, 4) is 0 Å². The molecule has 3 heteroatoms. The Morgan fingerprint density at radius 1 is 1.27 bits per heavy atom. The van der Waals surface area contributed by atoms with Crippen LogP contribution in [0.3, 0.4) is 0 Å². The lowest BCUT2D eigenvalue weighted by atomic mass is 9.87. The predicted octanol–water partition coefficient (Wildman–Crippen LogP) is 3.14. The molecule has 0 aliphatic heterocycles. The maximum atomic E-state index is 5.44. The molecule has 2 nitrogen and oxygen atoms in total. The smallest absolute Gasteiger partial charge is 0.408 e. The zero-order chi connectivity index (χ0) is 10.9. The van der Waals surface area contributed by atoms with Gasteiger partial charge in [-0.15, -0.1) is 0 Å². The SMILES string of the molecule is CCOB(/C=C/C1=CCCCC1)OCC. The summed E-state index contributed by atoms with van der Waals surface area (Å²) in [4.78, 5) is 0. The number of rotatable bonds is 6. The summed E-state index contributed by atoms with van der Waals surface area (Å²) in [5.41, 5.74) is 1.42. The fourth-order valence-corrected chi connectivity index (χ4v) is 1.70. The Morgan fingerprint density at radius 2 is 2.00 bits per heavy atom. The minimum atomic E-state index is -0.178. The Hall–Kier alpha value is -0.535. The van der Waals surface area contributed by atoms with E-state index in [9.17, 15) is 0 Å². The number of hydrogen-bond acceptors (Lipinski definition) is 2. The van der Waals surface area contributed by atoms with Gasteiger partial charge in [-0.2, -0.15) is 0 Å². The van der Waals surface area contributed by atoms with E-state index >= 15 is 0 Å². The predicted molar refractivity (Wildman–Crippen MR) is 64.7 cm³/mol. The van der Waals surface area contributed by atoms with Crippen LogP contribution in [0.1, 0.15) is 39.5 Å². The molecule has 0 amide bonds. The molecule has 0 fully saturated rings. The van der Waals surface area contributed by atoms with Crippen molar-refractivity contribution in [1.82, 2.24) is 0 Å². The van der Waals surface area contributed by atoms with Crippen molar-refractivity contribution < 1.29 is 9.31 Å². The van der Waals surface area contributed by atoms with Gasteiger partial charge < -0.3 is 9.31 Å². The van der Waals surface area contributed by atoms with Crippen LogP contribution in [0.15, 0.2) is 23.7 Å². The molecule has 15 heavy (non-hydrogen) atoms. The highest BCUT2D eigenvalue weighted by molar-refractivity contribution is 6.50. The van der Waals surface area contributed by atoms with Gasteiger partial charge >= 0.3 is 7.12 Å². The molecule has 0 saturated carbocycles. The third-order valence-electron chi connectivity index (χ3n) is 2.46. The largest absolute Gasteiger partial charge is 0.486 e. The molecule has 0 unspecified atom stereocenters. The van der Waals surface area contributed by atoms with Crippen molar-refractivity contribution in [2.24, 2.45) is 0 Å². The summed E-state index contributed by atoms with van der Waals surface area (Å²) in [6.45, 7) is 5.35. The van der Waals surface area contributed by atoms with Crippen molar-refractivity contribution in [3.05, 3.63) is 23.7 Å². The van der Waals surface area contributed by atoms with Crippen molar-refractivity contribution >= 4 is 7.12 Å². The summed E-state index contributed by atoms with van der Waals surface area (Å²) in [6, 6.07) is 0. The molecule has 0 heterocycles. The van der Waals surface area contributed by atoms with Crippen LogP contribution in [0.5, 0.6) is 0 Å². The van der Waals surface area contributed by atoms with E-state index in [1.165, 1.54) is 31.3 Å². The Bertz CT molecular complexity index is 218. The minimum absolute atomic E-state index is 0.178. The molecule has 0 saturated heterocycles. The lowest BCUT2D eigenvalue weighted by molar-refractivity contribution is 0.224. The first-order valence-electron chi connectivity index (χ1n) is 5.97. The van der Waals surface area contributed by atoms with Gasteiger partial charge in [0.15, 0.2) is 0 Å². The molecule has 0 atom stereocenters. The van der Waals surface area contributed by atoms with Crippen molar-refractivity contribution in [2.45, 2.75) is 39.5 Å². The van der Waals surface area contributed by atoms with E-state index in [1.807, 2.05) is 19.8 Å². The topological polar surface area (TPSA) is 18.5 Å². The molecule has 1 rings (SSSR count). The monoisotopic (exact) mass is 208 g/mol. The van der Waals surface area contributed by atoms with Crippen LogP contribution in [0, 0.1) is 0 Å². The van der Waals surface area contributed by atoms with Gasteiger partial charge in [0.05, 0.1) is 0 Å². The van der Waals surface area contributed by atoms with Crippen molar-refractivity contribution in [1.29, 1.82) is 0 Å². The van der Waals surface area contributed by atoms with Gasteiger partial charge in [-0.25, -0.2) is 0 Å². The first-order valence-corrected chi connectivity index (χ1v) is 5.97. The van der Waals surface area contributed by atoms with Gasteiger partial charge in [0, 0.05) is 13.2 Å². The van der Waals surface area contributed by atoms with E-state index in [1.54, 1.807) is 0 Å². The minimum Gasteiger partial charge on any atom is -0.408 e. The second kappa shape index (κ2) is 7.72. The summed E-state index contributed by atoms with van der Waals surface area (Å²) >= 11 is 0. The fraction of sp³-hybridized carbons (Fsp3) is 0.667. The molecular formula is C12H21BO2. The third kappa shape index (κ3) is 5.19. The van der Waals surface area contributed by atoms with Crippen molar-refractivity contribution in [3.63, 3.8) is 0 Å². The maximum Gasteiger partial charge on any atom is 0.486 e. The summed E-state index contributed by atoms with van der Waals surface area (Å²) < 4.78 is 10.9. The average Bonchev–Trinajstić information content (AvgIpc) is 2.28. The van der Waals surface area contributed by atoms with Crippen LogP contribution in [0.2, 0.25) is 0 Å². The molecule has 0 N–H and O–H groups in total. The molecule has 0 aromatic rings. The van der Waals surface area contributed by atoms with Gasteiger partial charge in [-0.05, 0) is 39.5 Å². The van der Waals surface area contributed by atoms with E-state index in [0.717, 1.165) is 0 Å². The normalized spacial score (nSPS) is 16.8.